The number of carbonyl (C=O) groups is 1. The van der Waals surface area contributed by atoms with Gasteiger partial charge in [0.05, 0.1) is 18.6 Å². The van der Waals surface area contributed by atoms with E-state index in [4.69, 9.17) is 0 Å². The predicted molar refractivity (Wildman–Crippen MR) is 75.8 cm³/mol. The van der Waals surface area contributed by atoms with E-state index in [1.54, 1.807) is 0 Å². The number of rotatable bonds is 7. The lowest BCUT2D eigenvalue weighted by atomic mass is 9.81. The van der Waals surface area contributed by atoms with Gasteiger partial charge in [-0.25, -0.2) is 0 Å². The van der Waals surface area contributed by atoms with Gasteiger partial charge in [0.2, 0.25) is 5.91 Å². The molecule has 0 bridgehead atoms. The smallest absolute Gasteiger partial charge is 0.222 e. The maximum Gasteiger partial charge on any atom is 0.222 e. The molecule has 4 nitrogen and oxygen atoms in total. The lowest BCUT2D eigenvalue weighted by Crippen LogP contribution is -2.43. The third-order valence-corrected chi connectivity index (χ3v) is 4.77. The molecule has 1 fully saturated rings. The van der Waals surface area contributed by atoms with Gasteiger partial charge in [-0.05, 0) is 25.7 Å². The van der Waals surface area contributed by atoms with Crippen LogP contribution in [0.2, 0.25) is 0 Å². The maximum absolute atomic E-state index is 12.0. The van der Waals surface area contributed by atoms with Crippen LogP contribution in [0.3, 0.4) is 0 Å². The second kappa shape index (κ2) is 7.25. The Bertz CT molecular complexity index is 273. The van der Waals surface area contributed by atoms with Crippen molar-refractivity contribution >= 4 is 5.91 Å². The number of aliphatic hydroxyl groups is 2. The van der Waals surface area contributed by atoms with Crippen LogP contribution in [-0.4, -0.2) is 34.9 Å². The van der Waals surface area contributed by atoms with Crippen molar-refractivity contribution < 1.29 is 15.0 Å². The maximum atomic E-state index is 12.0. The van der Waals surface area contributed by atoms with Crippen LogP contribution in [0.5, 0.6) is 0 Å². The Morgan fingerprint density at radius 2 is 1.79 bits per heavy atom. The zero-order chi connectivity index (χ0) is 14.4. The van der Waals surface area contributed by atoms with Crippen molar-refractivity contribution in [2.75, 3.05) is 13.2 Å². The fourth-order valence-electron chi connectivity index (χ4n) is 2.81. The van der Waals surface area contributed by atoms with Crippen molar-refractivity contribution in [3.05, 3.63) is 0 Å². The second-order valence-corrected chi connectivity index (χ2v) is 6.10. The van der Waals surface area contributed by atoms with Gasteiger partial charge in [-0.1, -0.05) is 33.1 Å². The average Bonchev–Trinajstić information content (AvgIpc) is 2.41. The molecule has 0 unspecified atom stereocenters. The van der Waals surface area contributed by atoms with E-state index in [9.17, 15) is 15.0 Å². The lowest BCUT2D eigenvalue weighted by Gasteiger charge is -2.33. The largest absolute Gasteiger partial charge is 0.396 e. The molecular weight excluding hydrogens is 242 g/mol. The molecule has 0 aromatic carbocycles. The number of hydrogen-bond acceptors (Lipinski definition) is 3. The first-order valence-corrected chi connectivity index (χ1v) is 7.59. The van der Waals surface area contributed by atoms with Gasteiger partial charge in [-0.2, -0.15) is 0 Å². The van der Waals surface area contributed by atoms with Gasteiger partial charge >= 0.3 is 0 Å². The molecule has 0 radical (unpaired) electrons. The Morgan fingerprint density at radius 3 is 2.26 bits per heavy atom. The van der Waals surface area contributed by atoms with E-state index in [1.807, 2.05) is 13.8 Å². The highest BCUT2D eigenvalue weighted by Crippen LogP contribution is 2.31. The summed E-state index contributed by atoms with van der Waals surface area (Å²) in [7, 11) is 0. The van der Waals surface area contributed by atoms with E-state index in [1.165, 1.54) is 0 Å². The van der Waals surface area contributed by atoms with Gasteiger partial charge in [-0.15, -0.1) is 0 Å². The fraction of sp³-hybridized carbons (Fsp3) is 0.933. The summed E-state index contributed by atoms with van der Waals surface area (Å²) < 4.78 is 0. The quantitative estimate of drug-likeness (QED) is 0.663. The summed E-state index contributed by atoms with van der Waals surface area (Å²) in [5, 5.41) is 22.7. The first-order chi connectivity index (χ1) is 8.99. The summed E-state index contributed by atoms with van der Waals surface area (Å²) in [6.07, 6.45) is 6.50. The summed E-state index contributed by atoms with van der Waals surface area (Å²) in [6.45, 7) is 4.64. The minimum atomic E-state index is -0.803. The van der Waals surface area contributed by atoms with E-state index in [0.29, 0.717) is 6.54 Å². The lowest BCUT2D eigenvalue weighted by molar-refractivity contribution is -0.128. The highest BCUT2D eigenvalue weighted by Gasteiger charge is 2.32. The summed E-state index contributed by atoms with van der Waals surface area (Å²) in [6, 6.07) is 0. The first kappa shape index (κ1) is 16.4. The summed E-state index contributed by atoms with van der Waals surface area (Å²) in [4.78, 5) is 12.0. The molecule has 1 rings (SSSR count). The Kier molecular flexibility index (Phi) is 6.27. The predicted octanol–water partition coefficient (Wildman–Crippen LogP) is 1.99. The Labute approximate surface area is 116 Å². The van der Waals surface area contributed by atoms with Gasteiger partial charge in [0.1, 0.15) is 0 Å². The zero-order valence-electron chi connectivity index (χ0n) is 12.4. The molecule has 0 heterocycles. The number of hydrogen-bond donors (Lipinski definition) is 3. The van der Waals surface area contributed by atoms with E-state index < -0.39 is 5.60 Å². The Morgan fingerprint density at radius 1 is 1.21 bits per heavy atom. The van der Waals surface area contributed by atoms with Crippen molar-refractivity contribution in [2.24, 2.45) is 5.41 Å². The van der Waals surface area contributed by atoms with Crippen LogP contribution in [0.15, 0.2) is 0 Å². The van der Waals surface area contributed by atoms with Crippen LogP contribution in [0, 0.1) is 5.41 Å². The SMILES string of the molecule is CCC(CC)(CO)CNC(=O)CC1(O)CCCCC1. The van der Waals surface area contributed by atoms with Crippen molar-refractivity contribution in [3.8, 4) is 0 Å². The topological polar surface area (TPSA) is 69.6 Å². The van der Waals surface area contributed by atoms with Crippen LogP contribution in [0.4, 0.5) is 0 Å². The molecule has 3 N–H and O–H groups in total. The van der Waals surface area contributed by atoms with Gasteiger partial charge in [0.15, 0.2) is 0 Å². The van der Waals surface area contributed by atoms with Gasteiger partial charge in [0.25, 0.3) is 0 Å². The molecule has 19 heavy (non-hydrogen) atoms. The molecule has 0 saturated heterocycles. The summed E-state index contributed by atoms with van der Waals surface area (Å²) >= 11 is 0. The van der Waals surface area contributed by atoms with Crippen molar-refractivity contribution in [3.63, 3.8) is 0 Å². The van der Waals surface area contributed by atoms with E-state index >= 15 is 0 Å². The van der Waals surface area contributed by atoms with Crippen LogP contribution < -0.4 is 5.32 Å². The summed E-state index contributed by atoms with van der Waals surface area (Å²) in [5.74, 6) is -0.0934. The van der Waals surface area contributed by atoms with Crippen LogP contribution >= 0.6 is 0 Å². The second-order valence-electron chi connectivity index (χ2n) is 6.10. The fourth-order valence-corrected chi connectivity index (χ4v) is 2.81. The molecule has 0 aromatic rings. The van der Waals surface area contributed by atoms with Crippen molar-refractivity contribution in [1.29, 1.82) is 0 Å². The van der Waals surface area contributed by atoms with Crippen LogP contribution in [-0.2, 0) is 4.79 Å². The molecule has 0 atom stereocenters. The third kappa shape index (κ3) is 4.77. The molecular formula is C15H29NO3. The van der Waals surface area contributed by atoms with Crippen LogP contribution in [0.25, 0.3) is 0 Å². The van der Waals surface area contributed by atoms with Crippen molar-refractivity contribution in [2.45, 2.75) is 70.8 Å². The molecule has 112 valence electrons. The monoisotopic (exact) mass is 271 g/mol. The first-order valence-electron chi connectivity index (χ1n) is 7.59. The van der Waals surface area contributed by atoms with Gasteiger partial charge in [-0.3, -0.25) is 4.79 Å². The third-order valence-electron chi connectivity index (χ3n) is 4.77. The van der Waals surface area contributed by atoms with E-state index in [0.717, 1.165) is 44.9 Å². The van der Waals surface area contributed by atoms with E-state index in [-0.39, 0.29) is 24.3 Å². The number of amides is 1. The molecule has 1 aliphatic rings. The minimum Gasteiger partial charge on any atom is -0.396 e. The standard InChI is InChI=1S/C15H29NO3/c1-3-14(4-2,12-17)11-16-13(18)10-15(19)8-6-5-7-9-15/h17,19H,3-12H2,1-2H3,(H,16,18). The van der Waals surface area contributed by atoms with Crippen LogP contribution in [0.1, 0.15) is 65.2 Å². The average molecular weight is 271 g/mol. The zero-order valence-corrected chi connectivity index (χ0v) is 12.4. The molecule has 4 heteroatoms. The number of carbonyl (C=O) groups excluding carboxylic acids is 1. The van der Waals surface area contributed by atoms with Gasteiger partial charge < -0.3 is 15.5 Å². The Hall–Kier alpha value is -0.610. The molecule has 1 aliphatic carbocycles. The number of aliphatic hydroxyl groups excluding tert-OH is 1. The Balaban J connectivity index is 2.42. The minimum absolute atomic E-state index is 0.0878. The van der Waals surface area contributed by atoms with Gasteiger partial charge in [0, 0.05) is 12.0 Å². The highest BCUT2D eigenvalue weighted by atomic mass is 16.3. The molecule has 1 amide bonds. The molecule has 0 aromatic heterocycles. The van der Waals surface area contributed by atoms with Crippen molar-refractivity contribution in [1.82, 2.24) is 5.32 Å². The molecule has 1 saturated carbocycles. The summed E-state index contributed by atoms with van der Waals surface area (Å²) in [5.41, 5.74) is -1.02. The normalized spacial score (nSPS) is 19.2. The molecule has 0 spiro atoms. The molecule has 0 aliphatic heterocycles. The van der Waals surface area contributed by atoms with E-state index in [2.05, 4.69) is 5.32 Å². The highest BCUT2D eigenvalue weighted by molar-refractivity contribution is 5.77. The number of nitrogens with one attached hydrogen (secondary N) is 1.